The van der Waals surface area contributed by atoms with E-state index in [1.165, 1.54) is 18.5 Å². The van der Waals surface area contributed by atoms with Crippen LogP contribution in [0.4, 0.5) is 17.3 Å². The molecule has 8 nitrogen and oxygen atoms in total. The third-order valence-corrected chi connectivity index (χ3v) is 6.83. The van der Waals surface area contributed by atoms with Crippen molar-refractivity contribution in [1.82, 2.24) is 20.2 Å². The van der Waals surface area contributed by atoms with E-state index in [1.807, 2.05) is 0 Å². The van der Waals surface area contributed by atoms with Crippen LogP contribution in [0.25, 0.3) is 0 Å². The average Bonchev–Trinajstić information content (AvgIpc) is 3.13. The molecule has 1 aromatic carbocycles. The normalized spacial score (nSPS) is 24.3. The Hall–Kier alpha value is -2.42. The highest BCUT2D eigenvalue weighted by atomic mass is 16.5. The molecule has 6 rings (SSSR count). The fourth-order valence-electron chi connectivity index (χ4n) is 4.92. The number of hydrogen-bond acceptors (Lipinski definition) is 8. The van der Waals surface area contributed by atoms with E-state index in [9.17, 15) is 0 Å². The van der Waals surface area contributed by atoms with E-state index in [0.29, 0.717) is 12.5 Å². The maximum Gasteiger partial charge on any atom is 0.143 e. The second-order valence-electron chi connectivity index (χ2n) is 8.59. The summed E-state index contributed by atoms with van der Waals surface area (Å²) in [5.74, 6) is 3.25. The molecule has 0 unspecified atom stereocenters. The van der Waals surface area contributed by atoms with Crippen molar-refractivity contribution in [3.05, 3.63) is 35.7 Å². The third kappa shape index (κ3) is 3.29. The van der Waals surface area contributed by atoms with Crippen LogP contribution >= 0.6 is 0 Å². The van der Waals surface area contributed by atoms with Gasteiger partial charge in [-0.3, -0.25) is 4.90 Å². The van der Waals surface area contributed by atoms with Crippen LogP contribution in [0.3, 0.4) is 0 Å². The number of nitrogens with one attached hydrogen (secondary N) is 2. The zero-order chi connectivity index (χ0) is 19.9. The Balaban J connectivity index is 1.25. The molecular formula is C22H28N6O2. The lowest BCUT2D eigenvalue weighted by Gasteiger charge is -2.35. The first kappa shape index (κ1) is 18.4. The topological polar surface area (TPSA) is 74.8 Å². The number of ether oxygens (including phenoxy) is 2. The van der Waals surface area contributed by atoms with Crippen LogP contribution < -0.4 is 20.3 Å². The van der Waals surface area contributed by atoms with E-state index in [1.54, 1.807) is 6.33 Å². The molecule has 0 radical (unpaired) electrons. The SMILES string of the molecule is c1nc2c(c(N3CCOCC3)n1)COc1ccc([C@H]3CCN(C4CNC4)C3)cc1N2. The van der Waals surface area contributed by atoms with Crippen LogP contribution in [-0.2, 0) is 11.3 Å². The van der Waals surface area contributed by atoms with E-state index >= 15 is 0 Å². The third-order valence-electron chi connectivity index (χ3n) is 6.83. The van der Waals surface area contributed by atoms with Gasteiger partial charge in [-0.25, -0.2) is 9.97 Å². The van der Waals surface area contributed by atoms with Gasteiger partial charge in [0.2, 0.25) is 0 Å². The van der Waals surface area contributed by atoms with Crippen LogP contribution in [0.5, 0.6) is 5.75 Å². The summed E-state index contributed by atoms with van der Waals surface area (Å²) >= 11 is 0. The summed E-state index contributed by atoms with van der Waals surface area (Å²) in [6.07, 6.45) is 2.86. The first-order valence-corrected chi connectivity index (χ1v) is 11.0. The molecular weight excluding hydrogens is 380 g/mol. The summed E-state index contributed by atoms with van der Waals surface area (Å²) in [7, 11) is 0. The van der Waals surface area contributed by atoms with Crippen molar-refractivity contribution in [3.63, 3.8) is 0 Å². The van der Waals surface area contributed by atoms with Crippen LogP contribution in [0.15, 0.2) is 24.5 Å². The van der Waals surface area contributed by atoms with Crippen molar-refractivity contribution >= 4 is 17.3 Å². The van der Waals surface area contributed by atoms with Gasteiger partial charge < -0.3 is 25.0 Å². The van der Waals surface area contributed by atoms with Gasteiger partial charge in [-0.05, 0) is 36.6 Å². The minimum atomic E-state index is 0.466. The minimum absolute atomic E-state index is 0.466. The number of aromatic nitrogens is 2. The number of anilines is 3. The smallest absolute Gasteiger partial charge is 0.143 e. The predicted molar refractivity (Wildman–Crippen MR) is 115 cm³/mol. The number of morpholine rings is 1. The van der Waals surface area contributed by atoms with Gasteiger partial charge >= 0.3 is 0 Å². The zero-order valence-electron chi connectivity index (χ0n) is 17.1. The standard InChI is InChI=1S/C22H28N6O2/c1-2-20-19(9-15(1)16-3-4-28(12-16)17-10-23-11-17)26-21-18(13-30-20)22(25-14-24-21)27-5-7-29-8-6-27/h1-2,9,14,16-17,23H,3-8,10-13H2,(H,24,25,26)/t16-/m0/s1. The van der Waals surface area contributed by atoms with Crippen molar-refractivity contribution in [3.8, 4) is 5.75 Å². The van der Waals surface area contributed by atoms with Gasteiger partial charge in [0, 0.05) is 38.8 Å². The summed E-state index contributed by atoms with van der Waals surface area (Å²) in [4.78, 5) is 14.0. The lowest BCUT2D eigenvalue weighted by atomic mass is 9.97. The Labute approximate surface area is 176 Å². The van der Waals surface area contributed by atoms with Gasteiger partial charge in [-0.15, -0.1) is 0 Å². The van der Waals surface area contributed by atoms with Crippen LogP contribution in [-0.4, -0.2) is 73.4 Å². The molecule has 1 atom stereocenters. The summed E-state index contributed by atoms with van der Waals surface area (Å²) in [6.45, 7) is 8.21. The first-order chi connectivity index (χ1) is 14.8. The molecule has 4 aliphatic heterocycles. The average molecular weight is 409 g/mol. The Morgan fingerprint density at radius 2 is 1.97 bits per heavy atom. The molecule has 0 bridgehead atoms. The molecule has 0 spiro atoms. The first-order valence-electron chi connectivity index (χ1n) is 11.0. The Morgan fingerprint density at radius 1 is 1.07 bits per heavy atom. The Morgan fingerprint density at radius 3 is 2.80 bits per heavy atom. The minimum Gasteiger partial charge on any atom is -0.486 e. The molecule has 2 aromatic rings. The lowest BCUT2D eigenvalue weighted by Crippen LogP contribution is -2.56. The number of nitrogens with zero attached hydrogens (tertiary/aromatic N) is 4. The Bertz CT molecular complexity index is 928. The molecule has 3 saturated heterocycles. The monoisotopic (exact) mass is 408 g/mol. The maximum atomic E-state index is 6.19. The zero-order valence-corrected chi connectivity index (χ0v) is 17.1. The van der Waals surface area contributed by atoms with Crippen molar-refractivity contribution in [1.29, 1.82) is 0 Å². The van der Waals surface area contributed by atoms with Crippen LogP contribution in [0, 0.1) is 0 Å². The highest BCUT2D eigenvalue weighted by molar-refractivity contribution is 5.71. The van der Waals surface area contributed by atoms with E-state index in [4.69, 9.17) is 9.47 Å². The molecule has 4 aliphatic rings. The fourth-order valence-corrected chi connectivity index (χ4v) is 4.92. The number of hydrogen-bond donors (Lipinski definition) is 2. The van der Waals surface area contributed by atoms with Crippen LogP contribution in [0.1, 0.15) is 23.5 Å². The van der Waals surface area contributed by atoms with Gasteiger partial charge in [0.25, 0.3) is 0 Å². The van der Waals surface area contributed by atoms with Gasteiger partial charge in [0.05, 0.1) is 24.5 Å². The molecule has 1 aromatic heterocycles. The fraction of sp³-hybridized carbons (Fsp3) is 0.545. The number of likely N-dealkylation sites (tertiary alicyclic amines) is 1. The lowest BCUT2D eigenvalue weighted by molar-refractivity contribution is 0.122. The number of rotatable bonds is 3. The van der Waals surface area contributed by atoms with E-state index in [0.717, 1.165) is 80.6 Å². The molecule has 8 heteroatoms. The maximum absolute atomic E-state index is 6.19. The van der Waals surface area contributed by atoms with E-state index < -0.39 is 0 Å². The van der Waals surface area contributed by atoms with Gasteiger partial charge in [0.1, 0.15) is 30.3 Å². The molecule has 5 heterocycles. The summed E-state index contributed by atoms with van der Waals surface area (Å²) < 4.78 is 11.7. The largest absolute Gasteiger partial charge is 0.486 e. The van der Waals surface area contributed by atoms with Gasteiger partial charge in [-0.2, -0.15) is 0 Å². The van der Waals surface area contributed by atoms with Crippen molar-refractivity contribution in [2.75, 3.05) is 62.7 Å². The summed E-state index contributed by atoms with van der Waals surface area (Å²) in [5.41, 5.74) is 3.40. The van der Waals surface area contributed by atoms with Gasteiger partial charge in [-0.1, -0.05) is 6.07 Å². The number of benzene rings is 1. The summed E-state index contributed by atoms with van der Waals surface area (Å²) in [5, 5.41) is 6.93. The molecule has 158 valence electrons. The van der Waals surface area contributed by atoms with E-state index in [-0.39, 0.29) is 0 Å². The molecule has 0 saturated carbocycles. The molecule has 30 heavy (non-hydrogen) atoms. The van der Waals surface area contributed by atoms with Crippen molar-refractivity contribution < 1.29 is 9.47 Å². The highest BCUT2D eigenvalue weighted by Crippen LogP contribution is 2.39. The van der Waals surface area contributed by atoms with Crippen LogP contribution in [0.2, 0.25) is 0 Å². The van der Waals surface area contributed by atoms with Crippen molar-refractivity contribution in [2.45, 2.75) is 25.0 Å². The second-order valence-corrected chi connectivity index (χ2v) is 8.59. The number of fused-ring (bicyclic) bond motifs is 2. The van der Waals surface area contributed by atoms with Gasteiger partial charge in [0.15, 0.2) is 0 Å². The summed E-state index contributed by atoms with van der Waals surface area (Å²) in [6, 6.07) is 7.32. The predicted octanol–water partition coefficient (Wildman–Crippen LogP) is 1.71. The Kier molecular flexibility index (Phi) is 4.70. The highest BCUT2D eigenvalue weighted by Gasteiger charge is 2.32. The molecule has 2 N–H and O–H groups in total. The molecule has 3 fully saturated rings. The molecule has 0 amide bonds. The van der Waals surface area contributed by atoms with E-state index in [2.05, 4.69) is 48.6 Å². The van der Waals surface area contributed by atoms with Crippen molar-refractivity contribution in [2.24, 2.45) is 0 Å². The molecule has 0 aliphatic carbocycles. The second kappa shape index (κ2) is 7.68. The quantitative estimate of drug-likeness (QED) is 0.795.